The van der Waals surface area contributed by atoms with Crippen molar-refractivity contribution in [2.24, 2.45) is 0 Å². The lowest BCUT2D eigenvalue weighted by Crippen LogP contribution is -2.24. The van der Waals surface area contributed by atoms with Crippen LogP contribution in [-0.4, -0.2) is 16.5 Å². The second kappa shape index (κ2) is 5.80. The molecule has 3 nitrogen and oxygen atoms in total. The Bertz CT molecular complexity index is 689. The third-order valence-corrected chi connectivity index (χ3v) is 3.39. The minimum absolute atomic E-state index is 0.0206. The summed E-state index contributed by atoms with van der Waals surface area (Å²) in [5.41, 5.74) is 1.22. The quantitative estimate of drug-likeness (QED) is 0.784. The van der Waals surface area contributed by atoms with E-state index in [-0.39, 0.29) is 6.04 Å². The van der Waals surface area contributed by atoms with Gasteiger partial charge in [0, 0.05) is 12.4 Å². The predicted octanol–water partition coefficient (Wildman–Crippen LogP) is 3.33. The molecule has 1 heterocycles. The molecule has 0 bridgehead atoms. The molecular weight excluding hydrogens is 246 g/mol. The summed E-state index contributed by atoms with van der Waals surface area (Å²) < 4.78 is 0. The van der Waals surface area contributed by atoms with E-state index in [2.05, 4.69) is 64.7 Å². The number of nitrogens with one attached hydrogen (secondary N) is 1. The Labute approximate surface area is 118 Å². The minimum atomic E-state index is 0.0206. The van der Waals surface area contributed by atoms with Crippen LogP contribution in [0.15, 0.2) is 60.9 Å². The minimum Gasteiger partial charge on any atom is -0.304 e. The van der Waals surface area contributed by atoms with E-state index >= 15 is 0 Å². The number of benzene rings is 2. The van der Waals surface area contributed by atoms with Crippen molar-refractivity contribution in [3.63, 3.8) is 0 Å². The Hall–Kier alpha value is -2.26. The molecule has 1 N–H and O–H groups in total. The van der Waals surface area contributed by atoms with Crippen LogP contribution in [-0.2, 0) is 0 Å². The zero-order valence-corrected chi connectivity index (χ0v) is 11.5. The van der Waals surface area contributed by atoms with Crippen LogP contribution in [0, 0.1) is 0 Å². The molecule has 0 aliphatic heterocycles. The van der Waals surface area contributed by atoms with Crippen LogP contribution in [0.25, 0.3) is 10.8 Å². The fraction of sp³-hybridized carbons (Fsp3) is 0.176. The van der Waals surface area contributed by atoms with E-state index in [0.717, 1.165) is 12.4 Å². The summed E-state index contributed by atoms with van der Waals surface area (Å²) in [7, 11) is 0. The highest BCUT2D eigenvalue weighted by Gasteiger charge is 2.17. The molecule has 0 saturated heterocycles. The molecule has 1 unspecified atom stereocenters. The van der Waals surface area contributed by atoms with Crippen molar-refractivity contribution in [1.82, 2.24) is 15.3 Å². The average Bonchev–Trinajstić information content (AvgIpc) is 2.53. The first-order valence-corrected chi connectivity index (χ1v) is 6.88. The normalized spacial score (nSPS) is 12.4. The molecule has 0 radical (unpaired) electrons. The van der Waals surface area contributed by atoms with Gasteiger partial charge in [-0.3, -0.25) is 0 Å². The van der Waals surface area contributed by atoms with Crippen LogP contribution in [0.2, 0.25) is 0 Å². The van der Waals surface area contributed by atoms with Crippen LogP contribution >= 0.6 is 0 Å². The zero-order chi connectivity index (χ0) is 13.8. The van der Waals surface area contributed by atoms with Crippen molar-refractivity contribution in [1.29, 1.82) is 0 Å². The van der Waals surface area contributed by atoms with Gasteiger partial charge >= 0.3 is 0 Å². The number of nitrogens with zero attached hydrogens (tertiary/aromatic N) is 2. The molecule has 0 aliphatic carbocycles. The molecule has 100 valence electrons. The van der Waals surface area contributed by atoms with E-state index in [0.29, 0.717) is 0 Å². The summed E-state index contributed by atoms with van der Waals surface area (Å²) in [4.78, 5) is 8.81. The van der Waals surface area contributed by atoms with Crippen molar-refractivity contribution >= 4 is 10.8 Å². The Balaban J connectivity index is 2.15. The molecule has 0 amide bonds. The number of hydrogen-bond acceptors (Lipinski definition) is 3. The summed E-state index contributed by atoms with van der Waals surface area (Å²) in [6, 6.07) is 16.6. The topological polar surface area (TPSA) is 37.8 Å². The van der Waals surface area contributed by atoms with E-state index in [9.17, 15) is 0 Å². The highest BCUT2D eigenvalue weighted by molar-refractivity contribution is 5.86. The molecule has 1 aromatic heterocycles. The predicted molar refractivity (Wildman–Crippen MR) is 81.5 cm³/mol. The molecule has 0 aliphatic rings. The van der Waals surface area contributed by atoms with E-state index in [1.807, 2.05) is 6.07 Å². The molecule has 1 atom stereocenters. The molecule has 2 aromatic carbocycles. The third kappa shape index (κ3) is 2.40. The lowest BCUT2D eigenvalue weighted by molar-refractivity contribution is 0.601. The Morgan fingerprint density at radius 1 is 0.950 bits per heavy atom. The van der Waals surface area contributed by atoms with Gasteiger partial charge in [-0.15, -0.1) is 0 Å². The van der Waals surface area contributed by atoms with Crippen molar-refractivity contribution in [3.8, 4) is 0 Å². The fourth-order valence-corrected chi connectivity index (χ4v) is 2.51. The van der Waals surface area contributed by atoms with Gasteiger partial charge in [-0.2, -0.15) is 0 Å². The second-order valence-corrected chi connectivity index (χ2v) is 4.67. The van der Waals surface area contributed by atoms with Gasteiger partial charge in [0.25, 0.3) is 0 Å². The largest absolute Gasteiger partial charge is 0.304 e. The van der Waals surface area contributed by atoms with Crippen LogP contribution < -0.4 is 5.32 Å². The van der Waals surface area contributed by atoms with Gasteiger partial charge in [0.05, 0.1) is 6.04 Å². The van der Waals surface area contributed by atoms with Crippen molar-refractivity contribution in [2.75, 3.05) is 6.54 Å². The SMILES string of the molecule is CCNC(c1ncccn1)c1cccc2ccccc12. The van der Waals surface area contributed by atoms with Gasteiger partial charge in [0.2, 0.25) is 0 Å². The first kappa shape index (κ1) is 12.8. The summed E-state index contributed by atoms with van der Waals surface area (Å²) in [5, 5.41) is 5.97. The zero-order valence-electron chi connectivity index (χ0n) is 11.5. The average molecular weight is 263 g/mol. The van der Waals surface area contributed by atoms with E-state index < -0.39 is 0 Å². The first-order chi connectivity index (χ1) is 9.90. The summed E-state index contributed by atoms with van der Waals surface area (Å²) >= 11 is 0. The smallest absolute Gasteiger partial charge is 0.149 e. The van der Waals surface area contributed by atoms with E-state index in [4.69, 9.17) is 0 Å². The van der Waals surface area contributed by atoms with Crippen LogP contribution in [0.1, 0.15) is 24.4 Å². The maximum absolute atomic E-state index is 4.41. The summed E-state index contributed by atoms with van der Waals surface area (Å²) in [6.07, 6.45) is 3.58. The molecule has 3 rings (SSSR count). The van der Waals surface area contributed by atoms with Crippen LogP contribution in [0.3, 0.4) is 0 Å². The van der Waals surface area contributed by atoms with Crippen molar-refractivity contribution in [2.45, 2.75) is 13.0 Å². The number of hydrogen-bond donors (Lipinski definition) is 1. The standard InChI is InChI=1S/C17H17N3/c1-2-18-16(17-19-11-6-12-20-17)15-10-5-8-13-7-3-4-9-14(13)15/h3-12,16,18H,2H2,1H3. The highest BCUT2D eigenvalue weighted by Crippen LogP contribution is 2.27. The Morgan fingerprint density at radius 2 is 1.70 bits per heavy atom. The maximum atomic E-state index is 4.41. The third-order valence-electron chi connectivity index (χ3n) is 3.39. The van der Waals surface area contributed by atoms with Gasteiger partial charge in [0.1, 0.15) is 5.82 Å². The monoisotopic (exact) mass is 263 g/mol. The molecule has 0 spiro atoms. The van der Waals surface area contributed by atoms with Crippen molar-refractivity contribution < 1.29 is 0 Å². The van der Waals surface area contributed by atoms with Gasteiger partial charge in [-0.05, 0) is 28.9 Å². The molecule has 20 heavy (non-hydrogen) atoms. The van der Waals surface area contributed by atoms with Crippen LogP contribution in [0.5, 0.6) is 0 Å². The number of fused-ring (bicyclic) bond motifs is 1. The summed E-state index contributed by atoms with van der Waals surface area (Å²) in [6.45, 7) is 2.97. The molecular formula is C17H17N3. The second-order valence-electron chi connectivity index (χ2n) is 4.67. The van der Waals surface area contributed by atoms with E-state index in [1.165, 1.54) is 16.3 Å². The lowest BCUT2D eigenvalue weighted by atomic mass is 9.98. The Morgan fingerprint density at radius 3 is 2.50 bits per heavy atom. The summed E-state index contributed by atoms with van der Waals surface area (Å²) in [5.74, 6) is 0.811. The van der Waals surface area contributed by atoms with Gasteiger partial charge in [-0.25, -0.2) is 9.97 Å². The number of rotatable bonds is 4. The molecule has 0 saturated carbocycles. The van der Waals surface area contributed by atoms with Gasteiger partial charge in [-0.1, -0.05) is 49.4 Å². The molecule has 0 fully saturated rings. The maximum Gasteiger partial charge on any atom is 0.149 e. The van der Waals surface area contributed by atoms with Crippen molar-refractivity contribution in [3.05, 3.63) is 72.3 Å². The molecule has 3 aromatic rings. The Kier molecular flexibility index (Phi) is 3.70. The number of aromatic nitrogens is 2. The first-order valence-electron chi connectivity index (χ1n) is 6.88. The van der Waals surface area contributed by atoms with E-state index in [1.54, 1.807) is 12.4 Å². The van der Waals surface area contributed by atoms with Crippen LogP contribution in [0.4, 0.5) is 0 Å². The molecule has 3 heteroatoms. The lowest BCUT2D eigenvalue weighted by Gasteiger charge is -2.18. The highest BCUT2D eigenvalue weighted by atomic mass is 15.0. The van der Waals surface area contributed by atoms with Gasteiger partial charge in [0.15, 0.2) is 0 Å². The fourth-order valence-electron chi connectivity index (χ4n) is 2.51. The van der Waals surface area contributed by atoms with Gasteiger partial charge < -0.3 is 5.32 Å².